The molecule has 0 spiro atoms. The molecule has 3 nitrogen and oxygen atoms in total. The third kappa shape index (κ3) is 3.77. The fourth-order valence-electron chi connectivity index (χ4n) is 1.97. The first-order chi connectivity index (χ1) is 8.43. The third-order valence-electron chi connectivity index (χ3n) is 2.80. The Morgan fingerprint density at radius 1 is 1.33 bits per heavy atom. The Hall–Kier alpha value is -0.450. The monoisotopic (exact) mass is 270 g/mol. The highest BCUT2D eigenvalue weighted by Gasteiger charge is 2.25. The fraction of sp³-hybridized carbons (Fsp3) is 0.786. The van der Waals surface area contributed by atoms with E-state index in [-0.39, 0.29) is 11.5 Å². The van der Waals surface area contributed by atoms with Gasteiger partial charge in [-0.3, -0.25) is 0 Å². The third-order valence-corrected chi connectivity index (χ3v) is 3.97. The van der Waals surface area contributed by atoms with E-state index in [9.17, 15) is 0 Å². The van der Waals surface area contributed by atoms with Crippen molar-refractivity contribution >= 4 is 11.3 Å². The summed E-state index contributed by atoms with van der Waals surface area (Å²) in [5, 5.41) is 1.09. The van der Waals surface area contributed by atoms with Crippen molar-refractivity contribution in [3.63, 3.8) is 0 Å². The van der Waals surface area contributed by atoms with Crippen molar-refractivity contribution in [2.24, 2.45) is 5.73 Å². The number of hydrogen-bond donors (Lipinski definition) is 1. The second-order valence-electron chi connectivity index (χ2n) is 5.51. The van der Waals surface area contributed by atoms with Gasteiger partial charge in [0.2, 0.25) is 0 Å². The minimum absolute atomic E-state index is 0.0480. The molecule has 0 aliphatic heterocycles. The second kappa shape index (κ2) is 6.64. The van der Waals surface area contributed by atoms with E-state index in [2.05, 4.69) is 27.7 Å². The lowest BCUT2D eigenvalue weighted by Crippen LogP contribution is -2.15. The van der Waals surface area contributed by atoms with Crippen LogP contribution in [0.25, 0.3) is 0 Å². The van der Waals surface area contributed by atoms with Gasteiger partial charge in [-0.2, -0.15) is 0 Å². The maximum atomic E-state index is 5.84. The molecule has 0 aliphatic rings. The molecule has 104 valence electrons. The van der Waals surface area contributed by atoms with Gasteiger partial charge in [-0.1, -0.05) is 34.1 Å². The Labute approximate surface area is 115 Å². The lowest BCUT2D eigenvalue weighted by atomic mass is 9.91. The Bertz CT molecular complexity index is 362. The molecule has 0 aliphatic carbocycles. The average Bonchev–Trinajstić information content (AvgIpc) is 2.72. The highest BCUT2D eigenvalue weighted by atomic mass is 32.1. The van der Waals surface area contributed by atoms with Gasteiger partial charge in [0, 0.05) is 23.4 Å². The van der Waals surface area contributed by atoms with Crippen molar-refractivity contribution in [2.45, 2.75) is 65.5 Å². The van der Waals surface area contributed by atoms with Crippen LogP contribution in [0.3, 0.4) is 0 Å². The minimum atomic E-state index is 0.0480. The molecule has 0 fully saturated rings. The summed E-state index contributed by atoms with van der Waals surface area (Å²) in [4.78, 5) is 6.00. The number of nitrogens with zero attached hydrogens (tertiary/aromatic N) is 1. The van der Waals surface area contributed by atoms with E-state index in [1.165, 1.54) is 4.88 Å². The molecule has 1 unspecified atom stereocenters. The van der Waals surface area contributed by atoms with Gasteiger partial charge in [-0.05, 0) is 13.3 Å². The summed E-state index contributed by atoms with van der Waals surface area (Å²) in [5.41, 5.74) is 7.02. The number of nitrogens with two attached hydrogens (primary N) is 1. The van der Waals surface area contributed by atoms with Crippen LogP contribution in [0.5, 0.6) is 0 Å². The Balaban J connectivity index is 3.05. The molecule has 1 rings (SSSR count). The van der Waals surface area contributed by atoms with Crippen molar-refractivity contribution in [3.8, 4) is 0 Å². The van der Waals surface area contributed by atoms with Gasteiger partial charge in [0.05, 0.1) is 5.69 Å². The molecule has 0 bridgehead atoms. The summed E-state index contributed by atoms with van der Waals surface area (Å²) in [7, 11) is 0. The van der Waals surface area contributed by atoms with E-state index < -0.39 is 0 Å². The molecule has 18 heavy (non-hydrogen) atoms. The standard InChI is InChI=1S/C14H26N2OS/c1-6-8-10(17-7-2)13-16-12(14(3,4)5)11(9-15)18-13/h10H,6-9,15H2,1-5H3. The number of ether oxygens (including phenoxy) is 1. The Kier molecular flexibility index (Phi) is 5.76. The van der Waals surface area contributed by atoms with Crippen LogP contribution in [0, 0.1) is 0 Å². The fourth-order valence-corrected chi connectivity index (χ4v) is 3.21. The molecule has 0 aromatic carbocycles. The Morgan fingerprint density at radius 2 is 2.00 bits per heavy atom. The summed E-state index contributed by atoms with van der Waals surface area (Å²) in [6.07, 6.45) is 2.26. The van der Waals surface area contributed by atoms with Crippen LogP contribution in [-0.4, -0.2) is 11.6 Å². The van der Waals surface area contributed by atoms with E-state index in [0.29, 0.717) is 6.54 Å². The van der Waals surface area contributed by atoms with E-state index in [0.717, 1.165) is 30.2 Å². The molecule has 1 heterocycles. The summed E-state index contributed by atoms with van der Waals surface area (Å²) in [6.45, 7) is 12.0. The van der Waals surface area contributed by atoms with Crippen molar-refractivity contribution in [1.82, 2.24) is 4.98 Å². The van der Waals surface area contributed by atoms with Crippen molar-refractivity contribution < 1.29 is 4.74 Å². The molecule has 0 radical (unpaired) electrons. The molecule has 1 aromatic heterocycles. The summed E-state index contributed by atoms with van der Waals surface area (Å²) in [6, 6.07) is 0. The van der Waals surface area contributed by atoms with Gasteiger partial charge in [0.1, 0.15) is 11.1 Å². The van der Waals surface area contributed by atoms with Crippen LogP contribution in [-0.2, 0) is 16.7 Å². The largest absolute Gasteiger partial charge is 0.371 e. The molecule has 0 saturated heterocycles. The molecule has 1 aromatic rings. The number of rotatable bonds is 6. The molecular formula is C14H26N2OS. The van der Waals surface area contributed by atoms with Crippen LogP contribution >= 0.6 is 11.3 Å². The SMILES string of the molecule is CCCC(OCC)c1nc(C(C)(C)C)c(CN)s1. The highest BCUT2D eigenvalue weighted by molar-refractivity contribution is 7.11. The molecule has 0 saturated carbocycles. The first-order valence-electron chi connectivity index (χ1n) is 6.75. The van der Waals surface area contributed by atoms with E-state index in [1.54, 1.807) is 11.3 Å². The molecular weight excluding hydrogens is 244 g/mol. The van der Waals surface area contributed by atoms with Crippen LogP contribution < -0.4 is 5.73 Å². The summed E-state index contributed by atoms with van der Waals surface area (Å²) in [5.74, 6) is 0. The van der Waals surface area contributed by atoms with Gasteiger partial charge < -0.3 is 10.5 Å². The van der Waals surface area contributed by atoms with E-state index in [4.69, 9.17) is 15.5 Å². The van der Waals surface area contributed by atoms with Crippen LogP contribution in [0.15, 0.2) is 0 Å². The number of thiazole rings is 1. The van der Waals surface area contributed by atoms with Crippen LogP contribution in [0.4, 0.5) is 0 Å². The molecule has 1 atom stereocenters. The first-order valence-corrected chi connectivity index (χ1v) is 7.57. The van der Waals surface area contributed by atoms with Crippen molar-refractivity contribution in [1.29, 1.82) is 0 Å². The van der Waals surface area contributed by atoms with Gasteiger partial charge in [-0.25, -0.2) is 4.98 Å². The topological polar surface area (TPSA) is 48.1 Å². The Morgan fingerprint density at radius 3 is 2.39 bits per heavy atom. The normalized spacial score (nSPS) is 13.9. The van der Waals surface area contributed by atoms with Gasteiger partial charge in [0.15, 0.2) is 0 Å². The zero-order valence-electron chi connectivity index (χ0n) is 12.2. The predicted octanol–water partition coefficient (Wildman–Crippen LogP) is 3.78. The lowest BCUT2D eigenvalue weighted by molar-refractivity contribution is 0.0553. The highest BCUT2D eigenvalue weighted by Crippen LogP contribution is 2.34. The lowest BCUT2D eigenvalue weighted by Gasteiger charge is -2.17. The first kappa shape index (κ1) is 15.6. The minimum Gasteiger partial charge on any atom is -0.371 e. The smallest absolute Gasteiger partial charge is 0.122 e. The van der Waals surface area contributed by atoms with Crippen molar-refractivity contribution in [2.75, 3.05) is 6.61 Å². The zero-order valence-corrected chi connectivity index (χ0v) is 13.1. The zero-order chi connectivity index (χ0) is 13.8. The van der Waals surface area contributed by atoms with Crippen LogP contribution in [0.2, 0.25) is 0 Å². The van der Waals surface area contributed by atoms with Gasteiger partial charge in [0.25, 0.3) is 0 Å². The van der Waals surface area contributed by atoms with Crippen molar-refractivity contribution in [3.05, 3.63) is 15.6 Å². The van der Waals surface area contributed by atoms with Gasteiger partial charge in [-0.15, -0.1) is 11.3 Å². The maximum absolute atomic E-state index is 5.84. The van der Waals surface area contributed by atoms with Crippen LogP contribution in [0.1, 0.15) is 69.1 Å². The maximum Gasteiger partial charge on any atom is 0.122 e. The quantitative estimate of drug-likeness (QED) is 0.856. The average molecular weight is 270 g/mol. The van der Waals surface area contributed by atoms with E-state index in [1.807, 2.05) is 6.92 Å². The molecule has 2 N–H and O–H groups in total. The number of aromatic nitrogens is 1. The molecule has 0 amide bonds. The molecule has 4 heteroatoms. The summed E-state index contributed by atoms with van der Waals surface area (Å²) < 4.78 is 5.80. The number of hydrogen-bond acceptors (Lipinski definition) is 4. The summed E-state index contributed by atoms with van der Waals surface area (Å²) >= 11 is 1.71. The predicted molar refractivity (Wildman–Crippen MR) is 78.0 cm³/mol. The van der Waals surface area contributed by atoms with E-state index >= 15 is 0 Å². The van der Waals surface area contributed by atoms with Gasteiger partial charge >= 0.3 is 0 Å². The second-order valence-corrected chi connectivity index (χ2v) is 6.63.